The van der Waals surface area contributed by atoms with E-state index in [1.807, 2.05) is 24.3 Å². The summed E-state index contributed by atoms with van der Waals surface area (Å²) >= 11 is 0. The Labute approximate surface area is 162 Å². The van der Waals surface area contributed by atoms with Gasteiger partial charge in [-0.15, -0.1) is 0 Å². The summed E-state index contributed by atoms with van der Waals surface area (Å²) in [5.41, 5.74) is 1.44. The van der Waals surface area contributed by atoms with Crippen LogP contribution in [0.3, 0.4) is 0 Å². The van der Waals surface area contributed by atoms with Crippen molar-refractivity contribution in [1.29, 1.82) is 0 Å². The number of nitrogens with one attached hydrogen (secondary N) is 1. The molecule has 2 heterocycles. The van der Waals surface area contributed by atoms with E-state index in [-0.39, 0.29) is 18.3 Å². The number of benzene rings is 1. The second-order valence-corrected chi connectivity index (χ2v) is 7.25. The van der Waals surface area contributed by atoms with Crippen LogP contribution >= 0.6 is 0 Å². The Morgan fingerprint density at radius 2 is 2.00 bits per heavy atom. The van der Waals surface area contributed by atoms with E-state index in [0.717, 1.165) is 16.6 Å². The van der Waals surface area contributed by atoms with E-state index in [1.54, 1.807) is 6.92 Å². The molecule has 1 amide bonds. The van der Waals surface area contributed by atoms with Crippen molar-refractivity contribution in [1.82, 2.24) is 9.55 Å². The average molecular weight is 389 g/mol. The highest BCUT2D eigenvalue weighted by atomic mass is 19.2. The van der Waals surface area contributed by atoms with E-state index in [4.69, 9.17) is 4.74 Å². The Bertz CT molecular complexity index is 882. The maximum Gasteiger partial charge on any atom is 0.351 e. The minimum absolute atomic E-state index is 0.0850. The molecule has 1 fully saturated rings. The molecule has 7 nitrogen and oxygen atoms in total. The lowest BCUT2D eigenvalue weighted by atomic mass is 9.96. The van der Waals surface area contributed by atoms with Crippen molar-refractivity contribution in [2.24, 2.45) is 5.92 Å². The first-order valence-corrected chi connectivity index (χ1v) is 9.23. The Morgan fingerprint density at radius 1 is 1.29 bits per heavy atom. The lowest BCUT2D eigenvalue weighted by molar-refractivity contribution is -0.158. The number of nitrogens with zero attached hydrogens (tertiary/aromatic N) is 2. The molecule has 1 aromatic carbocycles. The largest absolute Gasteiger partial charge is 0.351 e. The minimum atomic E-state index is -1.86. The third-order valence-electron chi connectivity index (χ3n) is 4.54. The molecular weight excluding hydrogens is 365 g/mol. The Hall–Kier alpha value is -2.58. The lowest BCUT2D eigenvalue weighted by Crippen LogP contribution is -2.29. The van der Waals surface area contributed by atoms with Gasteiger partial charge in [-0.1, -0.05) is 38.1 Å². The van der Waals surface area contributed by atoms with E-state index < -0.39 is 24.4 Å². The maximum atomic E-state index is 12.9. The third kappa shape index (κ3) is 4.82. The Balaban J connectivity index is 1.65. The zero-order valence-electron chi connectivity index (χ0n) is 16.1. The number of alkyl halides is 1. The molecule has 0 radical (unpaired) electrons. The standard InChI is InChI=1S/C20H24FN3O4/c1-12(2)10-14-4-6-15(7-5-14)13(3)18(25)22-16-8-9-24(20(26)23-16)17-11-27-19(21)28-17/h4-9,12-13,17,19H,10-11H2,1-3H3,(H,22,23,25,26)/t13-,17-,19-/m0/s1. The summed E-state index contributed by atoms with van der Waals surface area (Å²) in [5.74, 6) is 0.0173. The number of anilines is 1. The van der Waals surface area contributed by atoms with Gasteiger partial charge in [0.1, 0.15) is 5.82 Å². The minimum Gasteiger partial charge on any atom is -0.322 e. The van der Waals surface area contributed by atoms with Crippen molar-refractivity contribution < 1.29 is 18.7 Å². The number of ether oxygens (including phenoxy) is 2. The molecule has 0 spiro atoms. The van der Waals surface area contributed by atoms with Crippen LogP contribution in [0.25, 0.3) is 0 Å². The molecule has 0 saturated carbocycles. The van der Waals surface area contributed by atoms with Crippen LogP contribution < -0.4 is 11.0 Å². The molecule has 150 valence electrons. The summed E-state index contributed by atoms with van der Waals surface area (Å²) in [4.78, 5) is 28.5. The molecule has 8 heteroatoms. The second kappa shape index (κ2) is 8.62. The highest BCUT2D eigenvalue weighted by Crippen LogP contribution is 2.21. The van der Waals surface area contributed by atoms with Crippen LogP contribution in [0.15, 0.2) is 41.3 Å². The van der Waals surface area contributed by atoms with E-state index in [1.165, 1.54) is 17.8 Å². The van der Waals surface area contributed by atoms with Crippen molar-refractivity contribution in [3.05, 3.63) is 58.1 Å². The normalized spacial score (nSPS) is 20.3. The van der Waals surface area contributed by atoms with Crippen LogP contribution in [-0.4, -0.2) is 28.6 Å². The third-order valence-corrected chi connectivity index (χ3v) is 4.54. The quantitative estimate of drug-likeness (QED) is 0.821. The number of halogens is 1. The van der Waals surface area contributed by atoms with Crippen LogP contribution in [0.1, 0.15) is 44.0 Å². The van der Waals surface area contributed by atoms with E-state index in [9.17, 15) is 14.0 Å². The molecule has 1 N–H and O–H groups in total. The Morgan fingerprint density at radius 3 is 2.57 bits per heavy atom. The summed E-state index contributed by atoms with van der Waals surface area (Å²) in [6.07, 6.45) is 1.51. The summed E-state index contributed by atoms with van der Waals surface area (Å²) in [6, 6.07) is 9.41. The number of carbonyl (C=O) groups is 1. The molecule has 1 aromatic heterocycles. The second-order valence-electron chi connectivity index (χ2n) is 7.25. The highest BCUT2D eigenvalue weighted by molar-refractivity contribution is 5.94. The summed E-state index contributed by atoms with van der Waals surface area (Å²) in [5, 5.41) is 2.64. The summed E-state index contributed by atoms with van der Waals surface area (Å²) < 4.78 is 23.5. The van der Waals surface area contributed by atoms with Gasteiger partial charge in [-0.3, -0.25) is 14.1 Å². The zero-order valence-corrected chi connectivity index (χ0v) is 16.1. The van der Waals surface area contributed by atoms with Gasteiger partial charge < -0.3 is 10.1 Å². The van der Waals surface area contributed by atoms with Gasteiger partial charge in [-0.05, 0) is 36.5 Å². The van der Waals surface area contributed by atoms with Crippen molar-refractivity contribution in [2.45, 2.75) is 45.9 Å². The van der Waals surface area contributed by atoms with Crippen molar-refractivity contribution in [3.8, 4) is 0 Å². The fraction of sp³-hybridized carbons (Fsp3) is 0.450. The van der Waals surface area contributed by atoms with Crippen LogP contribution in [0.5, 0.6) is 0 Å². The number of aromatic nitrogens is 2. The monoisotopic (exact) mass is 389 g/mol. The van der Waals surface area contributed by atoms with Crippen molar-refractivity contribution in [2.75, 3.05) is 11.9 Å². The van der Waals surface area contributed by atoms with Gasteiger partial charge >= 0.3 is 12.2 Å². The Kier molecular flexibility index (Phi) is 6.21. The number of hydrogen-bond acceptors (Lipinski definition) is 5. The first kappa shape index (κ1) is 20.2. The molecule has 3 rings (SSSR count). The van der Waals surface area contributed by atoms with E-state index >= 15 is 0 Å². The predicted octanol–water partition coefficient (Wildman–Crippen LogP) is 2.98. The van der Waals surface area contributed by atoms with Crippen molar-refractivity contribution in [3.63, 3.8) is 0 Å². The van der Waals surface area contributed by atoms with Gasteiger partial charge in [-0.25, -0.2) is 4.79 Å². The van der Waals surface area contributed by atoms with E-state index in [0.29, 0.717) is 5.92 Å². The molecule has 0 unspecified atom stereocenters. The van der Waals surface area contributed by atoms with Gasteiger partial charge in [-0.2, -0.15) is 9.37 Å². The average Bonchev–Trinajstić information content (AvgIpc) is 3.07. The van der Waals surface area contributed by atoms with E-state index in [2.05, 4.69) is 28.9 Å². The van der Waals surface area contributed by atoms with Gasteiger partial charge in [0, 0.05) is 6.20 Å². The molecule has 1 aliphatic heterocycles. The number of amides is 1. The SMILES string of the molecule is CC(C)Cc1ccc([C@H](C)C(=O)Nc2ccn([C@@H]3CO[C@H](F)O3)c(=O)n2)cc1. The number of rotatable bonds is 6. The zero-order chi connectivity index (χ0) is 20.3. The molecule has 28 heavy (non-hydrogen) atoms. The number of hydrogen-bond donors (Lipinski definition) is 1. The smallest absolute Gasteiger partial charge is 0.322 e. The molecule has 3 atom stereocenters. The van der Waals surface area contributed by atoms with Crippen LogP contribution in [0, 0.1) is 5.92 Å². The molecule has 1 aliphatic rings. The van der Waals surface area contributed by atoms with Crippen LogP contribution in [-0.2, 0) is 20.7 Å². The molecule has 0 bridgehead atoms. The van der Waals surface area contributed by atoms with Crippen molar-refractivity contribution >= 4 is 11.7 Å². The number of carbonyl (C=O) groups excluding carboxylic acids is 1. The van der Waals surface area contributed by atoms with Gasteiger partial charge in [0.15, 0.2) is 6.23 Å². The first-order chi connectivity index (χ1) is 13.3. The predicted molar refractivity (Wildman–Crippen MR) is 101 cm³/mol. The molecular formula is C20H24FN3O4. The van der Waals surface area contributed by atoms with Gasteiger partial charge in [0.25, 0.3) is 0 Å². The molecule has 1 saturated heterocycles. The lowest BCUT2D eigenvalue weighted by Gasteiger charge is -2.14. The van der Waals surface area contributed by atoms with Gasteiger partial charge in [0.05, 0.1) is 12.5 Å². The van der Waals surface area contributed by atoms with Gasteiger partial charge in [0.2, 0.25) is 5.91 Å². The first-order valence-electron chi connectivity index (χ1n) is 9.23. The summed E-state index contributed by atoms with van der Waals surface area (Å²) in [7, 11) is 0. The summed E-state index contributed by atoms with van der Waals surface area (Å²) in [6.45, 7) is 4.17. The fourth-order valence-corrected chi connectivity index (χ4v) is 3.01. The maximum absolute atomic E-state index is 12.9. The van der Waals surface area contributed by atoms with Crippen LogP contribution in [0.4, 0.5) is 10.2 Å². The highest BCUT2D eigenvalue weighted by Gasteiger charge is 2.28. The molecule has 0 aliphatic carbocycles. The fourth-order valence-electron chi connectivity index (χ4n) is 3.01. The molecule has 2 aromatic rings. The van der Waals surface area contributed by atoms with Crippen LogP contribution in [0.2, 0.25) is 0 Å². The topological polar surface area (TPSA) is 82.5 Å².